The predicted octanol–water partition coefficient (Wildman–Crippen LogP) is 4.10. The highest BCUT2D eigenvalue weighted by Gasteiger charge is 2.22. The van der Waals surface area contributed by atoms with Crippen LogP contribution in [0.3, 0.4) is 0 Å². The van der Waals surface area contributed by atoms with E-state index >= 15 is 0 Å². The van der Waals surface area contributed by atoms with Gasteiger partial charge < -0.3 is 9.73 Å². The van der Waals surface area contributed by atoms with Gasteiger partial charge in [0.1, 0.15) is 12.2 Å². The average Bonchev–Trinajstić information content (AvgIpc) is 3.42. The zero-order valence-electron chi connectivity index (χ0n) is 16.7. The highest BCUT2D eigenvalue weighted by atomic mass is 19.3. The number of furan rings is 1. The number of hydrogen-bond acceptors (Lipinski definition) is 5. The van der Waals surface area contributed by atoms with Gasteiger partial charge in [-0.15, -0.1) is 0 Å². The summed E-state index contributed by atoms with van der Waals surface area (Å²) in [5, 5.41) is 11.6. The maximum absolute atomic E-state index is 13.8. The van der Waals surface area contributed by atoms with Crippen LogP contribution in [-0.4, -0.2) is 30.5 Å². The maximum Gasteiger partial charge on any atom is 0.264 e. The molecule has 0 atom stereocenters. The smallest absolute Gasteiger partial charge is 0.264 e. The number of amides is 1. The molecule has 0 saturated carbocycles. The van der Waals surface area contributed by atoms with Crippen molar-refractivity contribution in [2.24, 2.45) is 0 Å². The number of carbonyl (C=O) groups excluding carboxylic acids is 1. The van der Waals surface area contributed by atoms with Crippen LogP contribution in [0, 0.1) is 13.8 Å². The van der Waals surface area contributed by atoms with Crippen LogP contribution in [0.15, 0.2) is 35.1 Å². The van der Waals surface area contributed by atoms with Crippen LogP contribution in [0.25, 0.3) is 22.5 Å². The molecular weight excluding hydrogens is 394 g/mol. The number of rotatable bonds is 6. The molecule has 4 heterocycles. The molecule has 0 aliphatic heterocycles. The zero-order valence-corrected chi connectivity index (χ0v) is 16.7. The zero-order chi connectivity index (χ0) is 21.4. The van der Waals surface area contributed by atoms with Gasteiger partial charge in [-0.05, 0) is 39.0 Å². The Labute approximate surface area is 170 Å². The third-order valence-corrected chi connectivity index (χ3v) is 4.75. The summed E-state index contributed by atoms with van der Waals surface area (Å²) in [4.78, 5) is 17.1. The highest BCUT2D eigenvalue weighted by molar-refractivity contribution is 5.92. The van der Waals surface area contributed by atoms with E-state index in [0.717, 1.165) is 0 Å². The van der Waals surface area contributed by atoms with Gasteiger partial charge in [-0.1, -0.05) is 0 Å². The second kappa shape index (κ2) is 7.69. The molecule has 8 nitrogen and oxygen atoms in total. The lowest BCUT2D eigenvalue weighted by Crippen LogP contribution is -2.20. The van der Waals surface area contributed by atoms with E-state index in [9.17, 15) is 13.6 Å². The van der Waals surface area contributed by atoms with Crippen LogP contribution in [0.1, 0.15) is 30.3 Å². The molecule has 0 radical (unpaired) electrons. The molecule has 156 valence electrons. The lowest BCUT2D eigenvalue weighted by atomic mass is 10.1. The number of pyridine rings is 1. The van der Waals surface area contributed by atoms with E-state index in [1.807, 2.05) is 6.92 Å². The SMILES string of the molecule is CCn1cc(NC(=O)Cn2nc(C)c3c(C(F)F)cc(-c4ccco4)nc32)c(C)n1. The summed E-state index contributed by atoms with van der Waals surface area (Å²) in [6.45, 7) is 5.85. The first-order chi connectivity index (χ1) is 14.4. The van der Waals surface area contributed by atoms with Crippen molar-refractivity contribution in [1.82, 2.24) is 24.5 Å². The number of anilines is 1. The number of aryl methyl sites for hydroxylation is 3. The molecule has 4 aromatic rings. The van der Waals surface area contributed by atoms with Gasteiger partial charge in [-0.3, -0.25) is 9.48 Å². The van der Waals surface area contributed by atoms with Crippen LogP contribution in [0.2, 0.25) is 0 Å². The minimum atomic E-state index is -2.73. The number of carbonyl (C=O) groups is 1. The molecule has 4 rings (SSSR count). The monoisotopic (exact) mass is 414 g/mol. The Morgan fingerprint density at radius 1 is 1.27 bits per heavy atom. The van der Waals surface area contributed by atoms with Crippen molar-refractivity contribution in [3.63, 3.8) is 0 Å². The second-order valence-electron chi connectivity index (χ2n) is 6.85. The molecule has 0 fully saturated rings. The van der Waals surface area contributed by atoms with E-state index < -0.39 is 6.43 Å². The molecule has 0 aliphatic carbocycles. The number of halogens is 2. The second-order valence-corrected chi connectivity index (χ2v) is 6.85. The van der Waals surface area contributed by atoms with Gasteiger partial charge in [0.25, 0.3) is 6.43 Å². The largest absolute Gasteiger partial charge is 0.463 e. The minimum absolute atomic E-state index is 0.182. The van der Waals surface area contributed by atoms with Crippen molar-refractivity contribution in [2.75, 3.05) is 5.32 Å². The van der Waals surface area contributed by atoms with Crippen LogP contribution >= 0.6 is 0 Å². The molecule has 0 bridgehead atoms. The van der Waals surface area contributed by atoms with Crippen LogP contribution in [-0.2, 0) is 17.9 Å². The highest BCUT2D eigenvalue weighted by Crippen LogP contribution is 2.33. The van der Waals surface area contributed by atoms with Crippen molar-refractivity contribution in [2.45, 2.75) is 40.3 Å². The van der Waals surface area contributed by atoms with Gasteiger partial charge in [0, 0.05) is 18.3 Å². The lowest BCUT2D eigenvalue weighted by molar-refractivity contribution is -0.116. The molecule has 0 saturated heterocycles. The Hall–Kier alpha value is -3.56. The number of nitrogens with one attached hydrogen (secondary N) is 1. The number of aromatic nitrogens is 5. The minimum Gasteiger partial charge on any atom is -0.463 e. The summed E-state index contributed by atoms with van der Waals surface area (Å²) in [6.07, 6.45) is 0.455. The number of fused-ring (bicyclic) bond motifs is 1. The normalized spacial score (nSPS) is 11.5. The molecule has 10 heteroatoms. The van der Waals surface area contributed by atoms with E-state index in [-0.39, 0.29) is 34.7 Å². The Kier molecular flexibility index (Phi) is 5.06. The van der Waals surface area contributed by atoms with Gasteiger partial charge in [0.05, 0.1) is 28.7 Å². The number of hydrogen-bond donors (Lipinski definition) is 1. The Morgan fingerprint density at radius 2 is 2.07 bits per heavy atom. The number of alkyl halides is 2. The first-order valence-corrected chi connectivity index (χ1v) is 9.41. The van der Waals surface area contributed by atoms with E-state index in [2.05, 4.69) is 20.5 Å². The Morgan fingerprint density at radius 3 is 2.70 bits per heavy atom. The molecule has 1 amide bonds. The van der Waals surface area contributed by atoms with Gasteiger partial charge in [0.2, 0.25) is 5.91 Å². The molecule has 0 aromatic carbocycles. The molecule has 0 unspecified atom stereocenters. The van der Waals surface area contributed by atoms with E-state index in [0.29, 0.717) is 29.4 Å². The molecule has 1 N–H and O–H groups in total. The van der Waals surface area contributed by atoms with Crippen molar-refractivity contribution in [1.29, 1.82) is 0 Å². The standard InChI is InChI=1S/C20H20F2N6O2/c1-4-27-9-15(11(2)25-27)23-17(29)10-28-20-18(12(3)26-28)13(19(21)22)8-14(24-20)16-6-5-7-30-16/h5-9,19H,4,10H2,1-3H3,(H,23,29). The lowest BCUT2D eigenvalue weighted by Gasteiger charge is -2.08. The van der Waals surface area contributed by atoms with Gasteiger partial charge in [-0.25, -0.2) is 18.4 Å². The molecule has 4 aromatic heterocycles. The van der Waals surface area contributed by atoms with Crippen molar-refractivity contribution in [3.05, 3.63) is 47.6 Å². The fourth-order valence-corrected chi connectivity index (χ4v) is 3.35. The fourth-order valence-electron chi connectivity index (χ4n) is 3.35. The summed E-state index contributed by atoms with van der Waals surface area (Å²) in [7, 11) is 0. The maximum atomic E-state index is 13.8. The van der Waals surface area contributed by atoms with E-state index in [1.54, 1.807) is 36.9 Å². The summed E-state index contributed by atoms with van der Waals surface area (Å²) in [5.74, 6) is -0.00166. The third kappa shape index (κ3) is 3.56. The van der Waals surface area contributed by atoms with Crippen LogP contribution < -0.4 is 5.32 Å². The van der Waals surface area contributed by atoms with Gasteiger partial charge in [0.15, 0.2) is 11.4 Å². The molecule has 0 aliphatic rings. The van der Waals surface area contributed by atoms with Gasteiger partial charge >= 0.3 is 0 Å². The fraction of sp³-hybridized carbons (Fsp3) is 0.300. The number of nitrogens with zero attached hydrogens (tertiary/aromatic N) is 5. The summed E-state index contributed by atoms with van der Waals surface area (Å²) in [6, 6.07) is 4.59. The van der Waals surface area contributed by atoms with E-state index in [4.69, 9.17) is 4.42 Å². The molecule has 30 heavy (non-hydrogen) atoms. The predicted molar refractivity (Wildman–Crippen MR) is 106 cm³/mol. The first-order valence-electron chi connectivity index (χ1n) is 9.41. The molecular formula is C20H20F2N6O2. The molecule has 0 spiro atoms. The first kappa shape index (κ1) is 19.7. The Balaban J connectivity index is 1.71. The third-order valence-electron chi connectivity index (χ3n) is 4.75. The summed E-state index contributed by atoms with van der Waals surface area (Å²) in [5.41, 5.74) is 1.91. The van der Waals surface area contributed by atoms with Crippen molar-refractivity contribution < 1.29 is 18.0 Å². The quantitative estimate of drug-likeness (QED) is 0.513. The van der Waals surface area contributed by atoms with Crippen molar-refractivity contribution in [3.8, 4) is 11.5 Å². The van der Waals surface area contributed by atoms with Crippen molar-refractivity contribution >= 4 is 22.6 Å². The Bertz CT molecular complexity index is 1210. The summed E-state index contributed by atoms with van der Waals surface area (Å²) < 4.78 is 35.9. The van der Waals surface area contributed by atoms with E-state index in [1.165, 1.54) is 17.0 Å². The van der Waals surface area contributed by atoms with Crippen LogP contribution in [0.5, 0.6) is 0 Å². The summed E-state index contributed by atoms with van der Waals surface area (Å²) >= 11 is 0. The topological polar surface area (TPSA) is 90.8 Å². The van der Waals surface area contributed by atoms with Gasteiger partial charge in [-0.2, -0.15) is 10.2 Å². The van der Waals surface area contributed by atoms with Crippen LogP contribution in [0.4, 0.5) is 14.5 Å². The average molecular weight is 414 g/mol.